The van der Waals surface area contributed by atoms with Crippen LogP contribution >= 0.6 is 11.3 Å². The highest BCUT2D eigenvalue weighted by Gasteiger charge is 2.20. The van der Waals surface area contributed by atoms with E-state index in [1.807, 2.05) is 60.7 Å². The van der Waals surface area contributed by atoms with E-state index in [0.29, 0.717) is 203 Å². The number of hydrogen-bond donors (Lipinski definition) is 3. The topological polar surface area (TPSA) is 474 Å². The fraction of sp³-hybridized carbons (Fsp3) is 0.124. The molecule has 0 aliphatic heterocycles. The first kappa shape index (κ1) is 111. The lowest BCUT2D eigenvalue weighted by Gasteiger charge is -2.14. The zero-order valence-electron chi connectivity index (χ0n) is 73.5. The molecule has 0 atom stereocenters. The largest absolute Gasteiger partial charge is 0.506 e. The first-order valence-electron chi connectivity index (χ1n) is 40.7. The molecule has 2 aromatic heterocycles. The maximum Gasteiger partial charge on any atom is 0.165 e. The maximum atomic E-state index is 11.0. The molecular weight excluding hydrogens is 1770 g/mol. The molecule has 0 unspecified atom stereocenters. The van der Waals surface area contributed by atoms with Crippen LogP contribution in [0.1, 0.15) is 227 Å². The van der Waals surface area contributed by atoms with Crippen molar-refractivity contribution in [2.45, 2.75) is 57.8 Å². The first-order valence-corrected chi connectivity index (χ1v) is 41.6. The minimum Gasteiger partial charge on any atom is -0.506 e. The molecule has 2 heterocycles. The average molecular weight is 1860 g/mol. The molecule has 0 bridgehead atoms. The summed E-state index contributed by atoms with van der Waals surface area (Å²) in [6.45, 7) is 2.94. The molecule has 0 radical (unpaired) electrons. The normalized spacial score (nSPS) is 9.56. The monoisotopic (exact) mass is 1860 g/mol. The number of benzene rings is 11. The molecule has 13 aromatic rings. The van der Waals surface area contributed by atoms with Gasteiger partial charge >= 0.3 is 0 Å². The SMILES string of the molecule is COc1cc(C=O)cc(-c2cc(C=O)cc(OC)c2O)c1O.Cc1cc(C=O)c(O)c(C=O)c1.O=CC(C=O)c1ccncn1.O=CCCCC=O.O=Cc1cc2ccccc2cc1C=O.O=Cc1ccc(C=O)cc1.O=Cc1ccccc1C=O.O=Cc1ccccc1OCCCCCCOc1ccccc1C=O.O=Cc1ccccc1Oc1ccccc1C=O.O=Cc1ccsc1C=O. The van der Waals surface area contributed by atoms with Gasteiger partial charge in [0.25, 0.3) is 0 Å². The van der Waals surface area contributed by atoms with Crippen molar-refractivity contribution in [2.24, 2.45) is 0 Å². The lowest BCUT2D eigenvalue weighted by Crippen LogP contribution is -2.03. The number of rotatable bonds is 37. The summed E-state index contributed by atoms with van der Waals surface area (Å²) in [5.74, 6) is 0.811. The minimum absolute atomic E-state index is 0.0782. The number of para-hydroxylation sites is 4. The third-order valence-electron chi connectivity index (χ3n) is 18.2. The van der Waals surface area contributed by atoms with Crippen LogP contribution in [0.2, 0.25) is 0 Å². The number of unbranched alkanes of at least 4 members (excludes halogenated alkanes) is 5. The van der Waals surface area contributed by atoms with Gasteiger partial charge in [-0.1, -0.05) is 121 Å². The van der Waals surface area contributed by atoms with Crippen LogP contribution < -0.4 is 23.7 Å². The number of carbonyl (C=O) groups is 20. The number of aldehydes is 20. The number of aryl methyl sites for hydroxylation is 1. The van der Waals surface area contributed by atoms with Crippen LogP contribution in [0.25, 0.3) is 21.9 Å². The van der Waals surface area contributed by atoms with E-state index in [1.165, 1.54) is 80.5 Å². The molecule has 0 aliphatic rings. The number of aromatic nitrogens is 2. The van der Waals surface area contributed by atoms with Crippen molar-refractivity contribution in [2.75, 3.05) is 27.4 Å². The standard InChI is InChI=1S/C20H22O4.C16H14O6.C14H10O3.C12H8O2.C9H8O3.2C8H6O2.C7H6N2O2.C6H4O2S.C5H8O2/c21-15-17-9-3-5-11-19(17)23-13-7-1-2-8-14-24-20-12-6-4-10-18(20)16-22;1-21-13-5-9(7-17)3-11(15(13)19)12-4-10(8-18)6-14(22-2)16(12)20;15-9-11-5-1-3-7-13(11)17-14-8-4-2-6-12(14)10-16;13-7-11-5-9-3-1-2-4-10(9)6-12(11)8-14;1-6-2-7(4-10)9(12)8(3-6)5-11;9-5-7-1-2-8(6-10)4-3-7;9-5-7-3-1-2-4-8(7)6-10;10-3-6(4-11)7-1-2-8-5-9-7;7-3-5-1-2-9-6(5)4-8;6-4-2-1-3-5-7/h3-6,9-12,15-16H,1-2,7-8,13-14H2;3-8,19-20H,1-2H3;1-10H;1-8H;2-5,12H,1H3;2*1-6H;1-6H;1-4H;4-5H,1-3H2. The Labute approximate surface area is 784 Å². The number of ether oxygens (including phenoxy) is 5. The van der Waals surface area contributed by atoms with Crippen molar-refractivity contribution in [3.05, 3.63) is 348 Å². The third-order valence-corrected chi connectivity index (χ3v) is 19.1. The van der Waals surface area contributed by atoms with E-state index in [9.17, 15) is 111 Å². The number of hydrogen-bond acceptors (Lipinski definition) is 31. The predicted octanol–water partition coefficient (Wildman–Crippen LogP) is 18.1. The quantitative estimate of drug-likeness (QED) is 0.0185. The van der Waals surface area contributed by atoms with Gasteiger partial charge in [-0.05, 0) is 170 Å². The van der Waals surface area contributed by atoms with E-state index in [0.717, 1.165) is 92.3 Å². The summed E-state index contributed by atoms with van der Waals surface area (Å²) in [6, 6.07) is 64.1. The average Bonchev–Trinajstić information content (AvgIpc) is 0.925. The second-order valence-electron chi connectivity index (χ2n) is 27.3. The molecule has 0 saturated heterocycles. The van der Waals surface area contributed by atoms with Crippen molar-refractivity contribution in [3.8, 4) is 62.9 Å². The van der Waals surface area contributed by atoms with Crippen LogP contribution in [0.4, 0.5) is 0 Å². The van der Waals surface area contributed by atoms with Gasteiger partial charge in [0.15, 0.2) is 98.4 Å². The fourth-order valence-corrected chi connectivity index (χ4v) is 11.9. The molecule has 0 spiro atoms. The molecule has 11 aromatic carbocycles. The Bertz CT molecular complexity index is 5810. The highest BCUT2D eigenvalue weighted by Crippen LogP contribution is 2.45. The van der Waals surface area contributed by atoms with Gasteiger partial charge < -0.3 is 58.2 Å². The summed E-state index contributed by atoms with van der Waals surface area (Å²) in [5, 5.41) is 33.4. The summed E-state index contributed by atoms with van der Waals surface area (Å²) in [5.41, 5.74) is 7.82. The van der Waals surface area contributed by atoms with E-state index in [1.54, 1.807) is 140 Å². The number of phenolic OH excluding ortho intramolecular Hbond substituents is 3. The van der Waals surface area contributed by atoms with Crippen molar-refractivity contribution in [3.63, 3.8) is 0 Å². The Morgan fingerprint density at radius 3 is 0.993 bits per heavy atom. The second-order valence-corrected chi connectivity index (χ2v) is 28.3. The Balaban J connectivity index is 0.000000322. The molecule has 0 fully saturated rings. The van der Waals surface area contributed by atoms with Gasteiger partial charge in [-0.2, -0.15) is 0 Å². The van der Waals surface area contributed by atoms with Crippen LogP contribution in [0.5, 0.6) is 51.7 Å². The van der Waals surface area contributed by atoms with Crippen molar-refractivity contribution >= 4 is 148 Å². The van der Waals surface area contributed by atoms with Crippen LogP contribution in [-0.4, -0.2) is 178 Å². The number of nitrogens with zero attached hydrogens (tertiary/aromatic N) is 2. The smallest absolute Gasteiger partial charge is 0.165 e. The highest BCUT2D eigenvalue weighted by molar-refractivity contribution is 7.12. The van der Waals surface area contributed by atoms with Crippen LogP contribution in [-0.2, 0) is 19.2 Å². The van der Waals surface area contributed by atoms with Crippen molar-refractivity contribution < 1.29 is 135 Å². The summed E-state index contributed by atoms with van der Waals surface area (Å²) in [7, 11) is 2.69. The van der Waals surface area contributed by atoms with Gasteiger partial charge in [-0.15, -0.1) is 11.3 Å². The van der Waals surface area contributed by atoms with Crippen molar-refractivity contribution in [1.29, 1.82) is 0 Å². The van der Waals surface area contributed by atoms with Crippen LogP contribution in [0.15, 0.2) is 248 Å². The lowest BCUT2D eigenvalue weighted by atomic mass is 9.98. The number of fused-ring (bicyclic) bond motifs is 1. The lowest BCUT2D eigenvalue weighted by molar-refractivity contribution is -0.116. The summed E-state index contributed by atoms with van der Waals surface area (Å²) in [6.07, 6.45) is 22.1. The summed E-state index contributed by atoms with van der Waals surface area (Å²) in [4.78, 5) is 216. The maximum absolute atomic E-state index is 11.0. The molecule has 0 saturated carbocycles. The number of thiophene rings is 1. The third kappa shape index (κ3) is 37.4. The highest BCUT2D eigenvalue weighted by atomic mass is 32.1. The van der Waals surface area contributed by atoms with Gasteiger partial charge in [-0.3, -0.25) is 76.7 Å². The van der Waals surface area contributed by atoms with Crippen LogP contribution in [0.3, 0.4) is 0 Å². The Hall–Kier alpha value is -17.7. The first-order chi connectivity index (χ1) is 66.2. The molecule has 31 heteroatoms. The van der Waals surface area contributed by atoms with Gasteiger partial charge in [0.1, 0.15) is 91.3 Å². The number of methoxy groups -OCH3 is 2. The van der Waals surface area contributed by atoms with Crippen molar-refractivity contribution in [1.82, 2.24) is 9.97 Å². The Kier molecular flexibility index (Phi) is 52.8. The summed E-state index contributed by atoms with van der Waals surface area (Å²) < 4.78 is 26.8. The molecule has 3 N–H and O–H groups in total. The van der Waals surface area contributed by atoms with E-state index in [4.69, 9.17) is 23.7 Å². The molecule has 136 heavy (non-hydrogen) atoms. The van der Waals surface area contributed by atoms with Gasteiger partial charge in [0.2, 0.25) is 0 Å². The number of aromatic hydroxyl groups is 3. The molecule has 0 amide bonds. The van der Waals surface area contributed by atoms with Crippen LogP contribution in [0, 0.1) is 6.92 Å². The van der Waals surface area contributed by atoms with Gasteiger partial charge in [0.05, 0.1) is 71.4 Å². The fourth-order valence-electron chi connectivity index (χ4n) is 11.3. The van der Waals surface area contributed by atoms with Gasteiger partial charge in [0, 0.05) is 80.2 Å². The Morgan fingerprint density at radius 1 is 0.316 bits per heavy atom. The molecule has 13 rings (SSSR count). The zero-order valence-corrected chi connectivity index (χ0v) is 74.3. The second kappa shape index (κ2) is 64.9. The zero-order chi connectivity index (χ0) is 99.6. The molecule has 0 aliphatic carbocycles. The number of phenols is 3. The Morgan fingerprint density at radius 2 is 0.669 bits per heavy atom. The summed E-state index contributed by atoms with van der Waals surface area (Å²) >= 11 is 1.27. The predicted molar refractivity (Wildman–Crippen MR) is 507 cm³/mol. The van der Waals surface area contributed by atoms with Gasteiger partial charge in [-0.25, -0.2) is 9.97 Å². The van der Waals surface area contributed by atoms with E-state index >= 15 is 0 Å². The molecule has 696 valence electrons. The van der Waals surface area contributed by atoms with E-state index in [-0.39, 0.29) is 62.1 Å². The molecular formula is C105H92N2O28S. The number of carbonyl (C=O) groups excluding carboxylic acids is 20. The van der Waals surface area contributed by atoms with E-state index in [2.05, 4.69) is 9.97 Å². The minimum atomic E-state index is -0.752. The van der Waals surface area contributed by atoms with E-state index < -0.39 is 5.92 Å². The molecule has 30 nitrogen and oxygen atoms in total.